The number of anilines is 1. The molecule has 0 radical (unpaired) electrons. The maximum absolute atomic E-state index is 12.4. The number of hydrogen-bond donors (Lipinski definition) is 1. The van der Waals surface area contributed by atoms with Gasteiger partial charge >= 0.3 is 0 Å². The summed E-state index contributed by atoms with van der Waals surface area (Å²) in [6, 6.07) is 8.09. The van der Waals surface area contributed by atoms with E-state index in [1.54, 1.807) is 0 Å². The average molecular weight is 304 g/mol. The Balaban J connectivity index is 1.97. The maximum Gasteiger partial charge on any atom is 0.238 e. The largest absolute Gasteiger partial charge is 0.373 e. The molecule has 3 atom stereocenters. The summed E-state index contributed by atoms with van der Waals surface area (Å²) in [7, 11) is 0. The van der Waals surface area contributed by atoms with Crippen molar-refractivity contribution in [2.24, 2.45) is 0 Å². The highest BCUT2D eigenvalue weighted by Gasteiger charge is 2.24. The van der Waals surface area contributed by atoms with E-state index in [0.717, 1.165) is 25.2 Å². The van der Waals surface area contributed by atoms with Gasteiger partial charge in [0.2, 0.25) is 5.91 Å². The first-order chi connectivity index (χ1) is 10.5. The quantitative estimate of drug-likeness (QED) is 0.908. The summed E-state index contributed by atoms with van der Waals surface area (Å²) in [5.74, 6) is 0.497. The Morgan fingerprint density at radius 3 is 2.59 bits per heavy atom. The van der Waals surface area contributed by atoms with Crippen LogP contribution in [0.15, 0.2) is 24.3 Å². The van der Waals surface area contributed by atoms with Crippen molar-refractivity contribution in [3.63, 3.8) is 0 Å². The van der Waals surface area contributed by atoms with Gasteiger partial charge in [0.1, 0.15) is 0 Å². The lowest BCUT2D eigenvalue weighted by atomic mass is 9.97. The highest BCUT2D eigenvalue weighted by Crippen LogP contribution is 2.26. The molecule has 1 aromatic rings. The Hall–Kier alpha value is -1.39. The van der Waals surface area contributed by atoms with E-state index in [4.69, 9.17) is 4.74 Å². The minimum absolute atomic E-state index is 0.0528. The number of carbonyl (C=O) groups is 1. The van der Waals surface area contributed by atoms with Gasteiger partial charge in [0, 0.05) is 18.8 Å². The first-order valence-corrected chi connectivity index (χ1v) is 8.26. The lowest BCUT2D eigenvalue weighted by molar-refractivity contribution is -0.121. The van der Waals surface area contributed by atoms with Gasteiger partial charge < -0.3 is 10.1 Å². The Bertz CT molecular complexity index is 494. The van der Waals surface area contributed by atoms with Crippen LogP contribution in [0.1, 0.15) is 45.6 Å². The highest BCUT2D eigenvalue weighted by molar-refractivity contribution is 5.93. The van der Waals surface area contributed by atoms with E-state index >= 15 is 0 Å². The SMILES string of the molecule is CC[C@@H](C)c1ccccc1NC(=O)CN1C[C@@H](C)O[C@H](C)C1. The summed E-state index contributed by atoms with van der Waals surface area (Å²) in [5, 5.41) is 3.08. The van der Waals surface area contributed by atoms with Gasteiger partial charge in [0.25, 0.3) is 0 Å². The second kappa shape index (κ2) is 7.75. The molecule has 1 aromatic carbocycles. The third kappa shape index (κ3) is 4.55. The van der Waals surface area contributed by atoms with Gasteiger partial charge in [0.05, 0.1) is 18.8 Å². The lowest BCUT2D eigenvalue weighted by Gasteiger charge is -2.34. The standard InChI is InChI=1S/C18H28N2O2/c1-5-13(2)16-8-6-7-9-17(16)19-18(21)12-20-10-14(3)22-15(4)11-20/h6-9,13-15H,5,10-12H2,1-4H3,(H,19,21)/t13-,14-,15-/m1/s1. The third-order valence-corrected chi connectivity index (χ3v) is 4.24. The molecule has 1 heterocycles. The molecule has 1 N–H and O–H groups in total. The van der Waals surface area contributed by atoms with Gasteiger partial charge in [-0.1, -0.05) is 32.0 Å². The summed E-state index contributed by atoms with van der Waals surface area (Å²) in [6.07, 6.45) is 1.43. The molecule has 0 unspecified atom stereocenters. The molecule has 1 saturated heterocycles. The smallest absolute Gasteiger partial charge is 0.238 e. The number of nitrogens with zero attached hydrogens (tertiary/aromatic N) is 1. The van der Waals surface area contributed by atoms with Gasteiger partial charge in [0.15, 0.2) is 0 Å². The number of para-hydroxylation sites is 1. The molecule has 2 rings (SSSR count). The molecule has 122 valence electrons. The predicted molar refractivity (Wildman–Crippen MR) is 90.2 cm³/mol. The maximum atomic E-state index is 12.4. The monoisotopic (exact) mass is 304 g/mol. The van der Waals surface area contributed by atoms with Gasteiger partial charge in [-0.25, -0.2) is 0 Å². The summed E-state index contributed by atoms with van der Waals surface area (Å²) in [5.41, 5.74) is 2.15. The van der Waals surface area contributed by atoms with Crippen LogP contribution in [0.3, 0.4) is 0 Å². The molecule has 0 aliphatic carbocycles. The van der Waals surface area contributed by atoms with Crippen molar-refractivity contribution in [1.29, 1.82) is 0 Å². The molecule has 0 spiro atoms. The van der Waals surface area contributed by atoms with E-state index in [2.05, 4.69) is 44.0 Å². The summed E-state index contributed by atoms with van der Waals surface area (Å²) in [4.78, 5) is 14.5. The number of hydrogen-bond acceptors (Lipinski definition) is 3. The van der Waals surface area contributed by atoms with Crippen molar-refractivity contribution in [2.45, 2.75) is 52.2 Å². The molecule has 1 amide bonds. The number of carbonyl (C=O) groups excluding carboxylic acids is 1. The Kier molecular flexibility index (Phi) is 5.98. The fourth-order valence-electron chi connectivity index (χ4n) is 3.07. The van der Waals surface area contributed by atoms with Crippen molar-refractivity contribution in [3.05, 3.63) is 29.8 Å². The Morgan fingerprint density at radius 1 is 1.32 bits per heavy atom. The van der Waals surface area contributed by atoms with E-state index in [0.29, 0.717) is 12.5 Å². The van der Waals surface area contributed by atoms with Gasteiger partial charge in [-0.3, -0.25) is 9.69 Å². The Morgan fingerprint density at radius 2 is 1.95 bits per heavy atom. The second-order valence-electron chi connectivity index (χ2n) is 6.40. The van der Waals surface area contributed by atoms with Gasteiger partial charge in [-0.2, -0.15) is 0 Å². The van der Waals surface area contributed by atoms with Crippen LogP contribution < -0.4 is 5.32 Å². The molecular formula is C18H28N2O2. The van der Waals surface area contributed by atoms with Crippen molar-refractivity contribution in [3.8, 4) is 0 Å². The number of morpholine rings is 1. The molecule has 4 nitrogen and oxygen atoms in total. The van der Waals surface area contributed by atoms with Crippen LogP contribution >= 0.6 is 0 Å². The van der Waals surface area contributed by atoms with Crippen LogP contribution in [0.4, 0.5) is 5.69 Å². The summed E-state index contributed by atoms with van der Waals surface area (Å²) < 4.78 is 5.71. The zero-order valence-corrected chi connectivity index (χ0v) is 14.1. The van der Waals surface area contributed by atoms with Crippen molar-refractivity contribution in [2.75, 3.05) is 25.0 Å². The molecule has 1 fully saturated rings. The van der Waals surface area contributed by atoms with E-state index in [-0.39, 0.29) is 18.1 Å². The number of rotatable bonds is 5. The number of nitrogens with one attached hydrogen (secondary N) is 1. The molecule has 0 saturated carbocycles. The molecule has 4 heteroatoms. The van der Waals surface area contributed by atoms with Crippen molar-refractivity contribution in [1.82, 2.24) is 4.90 Å². The molecular weight excluding hydrogens is 276 g/mol. The predicted octanol–water partition coefficient (Wildman–Crippen LogP) is 3.25. The number of ether oxygens (including phenoxy) is 1. The highest BCUT2D eigenvalue weighted by atomic mass is 16.5. The Labute approximate surface area is 133 Å². The first kappa shape index (κ1) is 17.0. The molecule has 0 aromatic heterocycles. The van der Waals surface area contributed by atoms with Crippen molar-refractivity contribution < 1.29 is 9.53 Å². The fraction of sp³-hybridized carbons (Fsp3) is 0.611. The van der Waals surface area contributed by atoms with Crippen LogP contribution in [-0.2, 0) is 9.53 Å². The number of amides is 1. The van der Waals surface area contributed by atoms with Gasteiger partial charge in [-0.05, 0) is 37.8 Å². The first-order valence-electron chi connectivity index (χ1n) is 8.26. The van der Waals surface area contributed by atoms with E-state index < -0.39 is 0 Å². The topological polar surface area (TPSA) is 41.6 Å². The van der Waals surface area contributed by atoms with E-state index in [9.17, 15) is 4.79 Å². The zero-order chi connectivity index (χ0) is 16.1. The summed E-state index contributed by atoms with van der Waals surface area (Å²) >= 11 is 0. The third-order valence-electron chi connectivity index (χ3n) is 4.24. The van der Waals surface area contributed by atoms with E-state index in [1.165, 1.54) is 5.56 Å². The van der Waals surface area contributed by atoms with Crippen LogP contribution in [-0.4, -0.2) is 42.6 Å². The normalized spacial score (nSPS) is 24.0. The van der Waals surface area contributed by atoms with Crippen LogP contribution in [0.2, 0.25) is 0 Å². The molecule has 1 aliphatic rings. The average Bonchev–Trinajstić information content (AvgIpc) is 2.45. The van der Waals surface area contributed by atoms with E-state index in [1.807, 2.05) is 18.2 Å². The minimum Gasteiger partial charge on any atom is -0.373 e. The minimum atomic E-state index is 0.0528. The van der Waals surface area contributed by atoms with Crippen molar-refractivity contribution >= 4 is 11.6 Å². The lowest BCUT2D eigenvalue weighted by Crippen LogP contribution is -2.48. The molecule has 1 aliphatic heterocycles. The summed E-state index contributed by atoms with van der Waals surface area (Å²) in [6.45, 7) is 10.5. The zero-order valence-electron chi connectivity index (χ0n) is 14.1. The van der Waals surface area contributed by atoms with Gasteiger partial charge in [-0.15, -0.1) is 0 Å². The van der Waals surface area contributed by atoms with Crippen LogP contribution in [0.5, 0.6) is 0 Å². The van der Waals surface area contributed by atoms with Crippen LogP contribution in [0, 0.1) is 0 Å². The van der Waals surface area contributed by atoms with Crippen LogP contribution in [0.25, 0.3) is 0 Å². The molecule has 0 bridgehead atoms. The fourth-order valence-corrected chi connectivity index (χ4v) is 3.07. The second-order valence-corrected chi connectivity index (χ2v) is 6.40. The number of benzene rings is 1. The molecule has 22 heavy (non-hydrogen) atoms.